The molecule has 4 aliphatic rings. The van der Waals surface area contributed by atoms with Gasteiger partial charge in [0.1, 0.15) is 5.78 Å². The van der Waals surface area contributed by atoms with Crippen LogP contribution in [-0.2, 0) is 4.79 Å². The smallest absolute Gasteiger partial charge is 0.136 e. The minimum atomic E-state index is -0.203. The van der Waals surface area contributed by atoms with E-state index in [1.807, 2.05) is 0 Å². The first-order valence-electron chi connectivity index (χ1n) is 12.7. The number of hydrogen-bond acceptors (Lipinski definition) is 2. The van der Waals surface area contributed by atoms with Gasteiger partial charge in [0, 0.05) is 17.8 Å². The Balaban J connectivity index is 1.57. The Morgan fingerprint density at radius 2 is 1.80 bits per heavy atom. The molecule has 1 N–H and O–H groups in total. The van der Waals surface area contributed by atoms with E-state index >= 15 is 0 Å². The van der Waals surface area contributed by atoms with Crippen molar-refractivity contribution in [2.75, 3.05) is 0 Å². The summed E-state index contributed by atoms with van der Waals surface area (Å²) in [6.07, 6.45) is 13.3. The molecule has 0 radical (unpaired) electrons. The third-order valence-electron chi connectivity index (χ3n) is 10.5. The lowest BCUT2D eigenvalue weighted by atomic mass is 9.49. The highest BCUT2D eigenvalue weighted by molar-refractivity contribution is 5.81. The highest BCUT2D eigenvalue weighted by Gasteiger charge is 2.58. The molecule has 0 aliphatic heterocycles. The predicted octanol–water partition coefficient (Wildman–Crippen LogP) is 6.73. The zero-order valence-electron chi connectivity index (χ0n) is 20.2. The van der Waals surface area contributed by atoms with Gasteiger partial charge in [-0.1, -0.05) is 64.8 Å². The van der Waals surface area contributed by atoms with Crippen molar-refractivity contribution in [1.29, 1.82) is 0 Å². The average molecular weight is 413 g/mol. The second kappa shape index (κ2) is 7.91. The van der Waals surface area contributed by atoms with E-state index in [-0.39, 0.29) is 22.9 Å². The lowest BCUT2D eigenvalue weighted by Gasteiger charge is -2.56. The maximum Gasteiger partial charge on any atom is 0.136 e. The number of aliphatic hydroxyl groups excluding tert-OH is 1. The minimum Gasteiger partial charge on any atom is -0.392 e. The van der Waals surface area contributed by atoms with E-state index in [1.54, 1.807) is 5.57 Å². The Labute approximate surface area is 184 Å². The lowest BCUT2D eigenvalue weighted by molar-refractivity contribution is -0.127. The molecule has 0 saturated heterocycles. The third kappa shape index (κ3) is 3.28. The molecule has 0 spiro atoms. The summed E-state index contributed by atoms with van der Waals surface area (Å²) in [7, 11) is 0. The van der Waals surface area contributed by atoms with E-state index in [1.165, 1.54) is 31.3 Å². The number of rotatable bonds is 5. The number of hydrogen-bond donors (Lipinski definition) is 1. The molecule has 3 saturated carbocycles. The highest BCUT2D eigenvalue weighted by Crippen LogP contribution is 2.66. The Hall–Kier alpha value is -0.890. The van der Waals surface area contributed by atoms with Crippen molar-refractivity contribution in [3.8, 4) is 0 Å². The zero-order chi connectivity index (χ0) is 21.8. The van der Waals surface area contributed by atoms with Crippen LogP contribution >= 0.6 is 0 Å². The number of carbonyl (C=O) groups is 1. The van der Waals surface area contributed by atoms with Crippen molar-refractivity contribution in [3.63, 3.8) is 0 Å². The van der Waals surface area contributed by atoms with Gasteiger partial charge in [0.2, 0.25) is 0 Å². The standard InChI is InChI=1S/C28H44O2/c1-17(2)18(3)16-25(29)19(4)22-12-13-23-21-11-10-20-8-7-9-26(30)28(20,6)24(21)14-15-27(22,23)5/h10-11,17-19,22-24,26,30H,7-9,12-16H2,1-6H3/t18-,19-,22+,23-,24-,26?,27+,28-/m0/s1. The normalized spacial score (nSPS) is 42.5. The molecule has 0 aromatic rings. The van der Waals surface area contributed by atoms with Crippen LogP contribution in [0, 0.1) is 46.3 Å². The summed E-state index contributed by atoms with van der Waals surface area (Å²) in [5, 5.41) is 11.0. The Kier molecular flexibility index (Phi) is 5.88. The number of fused-ring (bicyclic) bond motifs is 5. The van der Waals surface area contributed by atoms with Crippen molar-refractivity contribution < 1.29 is 9.90 Å². The van der Waals surface area contributed by atoms with Crippen LogP contribution < -0.4 is 0 Å². The van der Waals surface area contributed by atoms with Gasteiger partial charge < -0.3 is 5.11 Å². The Morgan fingerprint density at radius 1 is 1.07 bits per heavy atom. The van der Waals surface area contributed by atoms with Gasteiger partial charge in [-0.2, -0.15) is 0 Å². The van der Waals surface area contributed by atoms with Gasteiger partial charge in [-0.25, -0.2) is 0 Å². The number of aliphatic hydroxyl groups is 1. The highest BCUT2D eigenvalue weighted by atomic mass is 16.3. The maximum atomic E-state index is 13.2. The van der Waals surface area contributed by atoms with E-state index in [9.17, 15) is 9.90 Å². The van der Waals surface area contributed by atoms with Crippen LogP contribution in [0.2, 0.25) is 0 Å². The van der Waals surface area contributed by atoms with Crippen LogP contribution in [0.3, 0.4) is 0 Å². The molecule has 2 nitrogen and oxygen atoms in total. The Bertz CT molecular complexity index is 746. The van der Waals surface area contributed by atoms with Crippen LogP contribution in [0.4, 0.5) is 0 Å². The topological polar surface area (TPSA) is 37.3 Å². The molecule has 168 valence electrons. The van der Waals surface area contributed by atoms with Gasteiger partial charge in [0.15, 0.2) is 0 Å². The minimum absolute atomic E-state index is 0.0596. The molecule has 0 bridgehead atoms. The second-order valence-corrected chi connectivity index (χ2v) is 12.1. The van der Waals surface area contributed by atoms with Gasteiger partial charge in [-0.05, 0) is 80.0 Å². The molecule has 0 heterocycles. The van der Waals surface area contributed by atoms with Crippen molar-refractivity contribution in [2.24, 2.45) is 46.3 Å². The zero-order valence-corrected chi connectivity index (χ0v) is 20.2. The fraction of sp³-hybridized carbons (Fsp3) is 0.821. The molecular formula is C28H44O2. The molecule has 8 atom stereocenters. The fourth-order valence-corrected chi connectivity index (χ4v) is 7.88. The quantitative estimate of drug-likeness (QED) is 0.543. The lowest BCUT2D eigenvalue weighted by Crippen LogP contribution is -2.50. The van der Waals surface area contributed by atoms with Crippen LogP contribution in [-0.4, -0.2) is 17.0 Å². The van der Waals surface area contributed by atoms with Gasteiger partial charge >= 0.3 is 0 Å². The van der Waals surface area contributed by atoms with Crippen LogP contribution in [0.1, 0.15) is 92.9 Å². The first-order chi connectivity index (χ1) is 14.1. The fourth-order valence-electron chi connectivity index (χ4n) is 7.88. The number of carbonyl (C=O) groups excluding carboxylic acids is 1. The van der Waals surface area contributed by atoms with E-state index in [0.717, 1.165) is 25.7 Å². The van der Waals surface area contributed by atoms with E-state index in [4.69, 9.17) is 0 Å². The molecule has 2 heteroatoms. The summed E-state index contributed by atoms with van der Waals surface area (Å²) in [6, 6.07) is 0. The first kappa shape index (κ1) is 22.3. The van der Waals surface area contributed by atoms with Gasteiger partial charge in [-0.3, -0.25) is 4.79 Å². The van der Waals surface area contributed by atoms with Crippen LogP contribution in [0.25, 0.3) is 0 Å². The van der Waals surface area contributed by atoms with Crippen LogP contribution in [0.15, 0.2) is 23.3 Å². The molecule has 3 fully saturated rings. The van der Waals surface area contributed by atoms with Crippen molar-refractivity contribution in [3.05, 3.63) is 23.3 Å². The molecule has 0 amide bonds. The average Bonchev–Trinajstić information content (AvgIpc) is 3.05. The van der Waals surface area contributed by atoms with Gasteiger partial charge in [-0.15, -0.1) is 0 Å². The molecule has 1 unspecified atom stereocenters. The Morgan fingerprint density at radius 3 is 2.50 bits per heavy atom. The monoisotopic (exact) mass is 412 g/mol. The molecule has 30 heavy (non-hydrogen) atoms. The first-order valence-corrected chi connectivity index (χ1v) is 12.7. The summed E-state index contributed by atoms with van der Waals surface area (Å²) < 4.78 is 0. The molecule has 0 aromatic heterocycles. The van der Waals surface area contributed by atoms with E-state index in [0.29, 0.717) is 35.4 Å². The van der Waals surface area contributed by atoms with E-state index < -0.39 is 0 Å². The summed E-state index contributed by atoms with van der Waals surface area (Å²) >= 11 is 0. The predicted molar refractivity (Wildman–Crippen MR) is 124 cm³/mol. The molecule has 4 aliphatic carbocycles. The van der Waals surface area contributed by atoms with Crippen LogP contribution in [0.5, 0.6) is 0 Å². The van der Waals surface area contributed by atoms with Crippen molar-refractivity contribution in [1.82, 2.24) is 0 Å². The largest absolute Gasteiger partial charge is 0.392 e. The molecule has 0 aromatic carbocycles. The third-order valence-corrected chi connectivity index (χ3v) is 10.5. The number of allylic oxidation sites excluding steroid dienone is 3. The summed E-state index contributed by atoms with van der Waals surface area (Å²) in [5.41, 5.74) is 3.27. The van der Waals surface area contributed by atoms with Gasteiger partial charge in [0.05, 0.1) is 6.10 Å². The summed E-state index contributed by atoms with van der Waals surface area (Å²) in [4.78, 5) is 13.2. The maximum absolute atomic E-state index is 13.2. The molecular weight excluding hydrogens is 368 g/mol. The SMILES string of the molecule is CC(C)[C@@H](C)CC(=O)[C@@H](C)[C@H]1CC[C@H]2C3=CC=C4CCCC(O)[C@]4(C)[C@H]3CC[C@]12C. The van der Waals surface area contributed by atoms with Crippen molar-refractivity contribution >= 4 is 5.78 Å². The summed E-state index contributed by atoms with van der Waals surface area (Å²) in [6.45, 7) is 13.7. The summed E-state index contributed by atoms with van der Waals surface area (Å²) in [5.74, 6) is 3.28. The van der Waals surface area contributed by atoms with E-state index in [2.05, 4.69) is 53.7 Å². The number of Topliss-reactive ketones (excluding diaryl/α,β-unsaturated/α-hetero) is 1. The van der Waals surface area contributed by atoms with Crippen molar-refractivity contribution in [2.45, 2.75) is 99.0 Å². The number of ketones is 1. The van der Waals surface area contributed by atoms with Gasteiger partial charge in [0.25, 0.3) is 0 Å². The molecule has 4 rings (SSSR count). The second-order valence-electron chi connectivity index (χ2n) is 12.1.